The highest BCUT2D eigenvalue weighted by molar-refractivity contribution is 5.86. The molecule has 6 nitrogen and oxygen atoms in total. The molecule has 0 aliphatic rings. The third kappa shape index (κ3) is 3.52. The van der Waals surface area contributed by atoms with Crippen LogP contribution in [-0.2, 0) is 16.0 Å². The van der Waals surface area contributed by atoms with Gasteiger partial charge in [-0.25, -0.2) is 4.79 Å². The van der Waals surface area contributed by atoms with Gasteiger partial charge in [0, 0.05) is 12.0 Å². The number of rotatable bonds is 5. The Bertz CT molecular complexity index is 927. The van der Waals surface area contributed by atoms with Crippen LogP contribution in [0.4, 0.5) is 0 Å². The van der Waals surface area contributed by atoms with Crippen molar-refractivity contribution in [3.05, 3.63) is 59.7 Å². The molecule has 1 aromatic heterocycles. The second kappa shape index (κ2) is 6.76. The van der Waals surface area contributed by atoms with Gasteiger partial charge in [0.15, 0.2) is 0 Å². The van der Waals surface area contributed by atoms with Gasteiger partial charge in [0.25, 0.3) is 0 Å². The van der Waals surface area contributed by atoms with Gasteiger partial charge in [0.1, 0.15) is 22.5 Å². The number of aromatic hydroxyl groups is 1. The molecular weight excluding hydrogens is 318 g/mol. The zero-order chi connectivity index (χ0) is 18.0. The number of nitrogens with zero attached hydrogens (tertiary/aromatic N) is 3. The highest BCUT2D eigenvalue weighted by atomic mass is 16.5. The molecule has 25 heavy (non-hydrogen) atoms. The Kier molecular flexibility index (Phi) is 4.52. The average molecular weight is 337 g/mol. The quantitative estimate of drug-likeness (QED) is 0.572. The minimum Gasteiger partial charge on any atom is -0.505 e. The maximum Gasteiger partial charge on any atom is 0.333 e. The van der Waals surface area contributed by atoms with Crippen molar-refractivity contribution < 1.29 is 14.6 Å². The van der Waals surface area contributed by atoms with Crippen molar-refractivity contribution in [3.63, 3.8) is 0 Å². The van der Waals surface area contributed by atoms with Gasteiger partial charge in [-0.15, -0.1) is 15.0 Å². The Morgan fingerprint density at radius 2 is 1.88 bits per heavy atom. The number of hydrogen-bond acceptors (Lipinski definition) is 5. The van der Waals surface area contributed by atoms with Gasteiger partial charge < -0.3 is 9.84 Å². The molecule has 6 heteroatoms. The van der Waals surface area contributed by atoms with Gasteiger partial charge in [-0.1, -0.05) is 24.8 Å². The van der Waals surface area contributed by atoms with Gasteiger partial charge in [0.2, 0.25) is 0 Å². The van der Waals surface area contributed by atoms with E-state index in [1.165, 1.54) is 4.80 Å². The minimum atomic E-state index is -0.407. The lowest BCUT2D eigenvalue weighted by Gasteiger charge is -2.10. The molecule has 3 aromatic rings. The summed E-state index contributed by atoms with van der Waals surface area (Å²) in [5, 5.41) is 19.2. The number of ether oxygens (including phenoxy) is 1. The summed E-state index contributed by atoms with van der Waals surface area (Å²) in [7, 11) is 0. The molecule has 0 fully saturated rings. The predicted molar refractivity (Wildman–Crippen MR) is 94.7 cm³/mol. The van der Waals surface area contributed by atoms with Crippen LogP contribution in [0.15, 0.2) is 48.6 Å². The lowest BCUT2D eigenvalue weighted by molar-refractivity contribution is -0.138. The monoisotopic (exact) mass is 337 g/mol. The first kappa shape index (κ1) is 16.7. The van der Waals surface area contributed by atoms with Crippen LogP contribution in [0.5, 0.6) is 5.75 Å². The Balaban J connectivity index is 1.88. The van der Waals surface area contributed by atoms with Crippen molar-refractivity contribution in [1.29, 1.82) is 0 Å². The van der Waals surface area contributed by atoms with Crippen LogP contribution in [0.1, 0.15) is 18.1 Å². The first-order valence-electron chi connectivity index (χ1n) is 7.93. The number of aromatic nitrogens is 3. The van der Waals surface area contributed by atoms with Crippen LogP contribution >= 0.6 is 0 Å². The Morgan fingerprint density at radius 3 is 2.48 bits per heavy atom. The van der Waals surface area contributed by atoms with Crippen LogP contribution < -0.4 is 0 Å². The van der Waals surface area contributed by atoms with E-state index in [2.05, 4.69) is 16.8 Å². The smallest absolute Gasteiger partial charge is 0.333 e. The lowest BCUT2D eigenvalue weighted by atomic mass is 10.1. The maximum absolute atomic E-state index is 11.5. The summed E-state index contributed by atoms with van der Waals surface area (Å²) >= 11 is 0. The van der Waals surface area contributed by atoms with E-state index in [4.69, 9.17) is 4.74 Å². The van der Waals surface area contributed by atoms with E-state index in [1.54, 1.807) is 13.0 Å². The number of phenols is 1. The molecule has 128 valence electrons. The number of carbonyl (C=O) groups is 1. The Morgan fingerprint density at radius 1 is 1.24 bits per heavy atom. The van der Waals surface area contributed by atoms with Gasteiger partial charge in [-0.2, -0.15) is 0 Å². The topological polar surface area (TPSA) is 77.2 Å². The number of benzene rings is 2. The summed E-state index contributed by atoms with van der Waals surface area (Å²) < 4.78 is 5.13. The van der Waals surface area contributed by atoms with E-state index in [0.29, 0.717) is 23.2 Å². The first-order chi connectivity index (χ1) is 12.0. The number of esters is 1. The SMILES string of the molecule is C=C(C)C(=O)OCCc1cc(C)c(O)c(-n2nc3ccccc3n2)c1. The molecule has 3 rings (SSSR count). The van der Waals surface area contributed by atoms with E-state index in [9.17, 15) is 9.90 Å². The van der Waals surface area contributed by atoms with E-state index in [0.717, 1.165) is 16.6 Å². The van der Waals surface area contributed by atoms with Crippen molar-refractivity contribution in [2.45, 2.75) is 20.3 Å². The number of aryl methyl sites for hydroxylation is 1. The van der Waals surface area contributed by atoms with Gasteiger partial charge >= 0.3 is 5.97 Å². The summed E-state index contributed by atoms with van der Waals surface area (Å²) in [6.07, 6.45) is 0.522. The van der Waals surface area contributed by atoms with Crippen molar-refractivity contribution in [2.24, 2.45) is 0 Å². The number of carbonyl (C=O) groups excluding carboxylic acids is 1. The molecule has 0 amide bonds. The number of fused-ring (bicyclic) bond motifs is 1. The summed E-state index contributed by atoms with van der Waals surface area (Å²) in [6.45, 7) is 7.21. The van der Waals surface area contributed by atoms with Crippen LogP contribution in [0.3, 0.4) is 0 Å². The second-order valence-electron chi connectivity index (χ2n) is 5.92. The number of hydrogen-bond donors (Lipinski definition) is 1. The molecule has 0 saturated heterocycles. The molecule has 2 aromatic carbocycles. The molecule has 0 spiro atoms. The predicted octanol–water partition coefficient (Wildman–Crippen LogP) is 3.10. The van der Waals surface area contributed by atoms with Crippen LogP contribution in [0.2, 0.25) is 0 Å². The highest BCUT2D eigenvalue weighted by Crippen LogP contribution is 2.27. The molecule has 0 saturated carbocycles. The summed E-state index contributed by atoms with van der Waals surface area (Å²) in [5.74, 6) is -0.279. The molecule has 0 radical (unpaired) electrons. The molecule has 1 heterocycles. The van der Waals surface area contributed by atoms with Gasteiger partial charge in [-0.05, 0) is 43.2 Å². The van der Waals surface area contributed by atoms with Gasteiger partial charge in [0.05, 0.1) is 6.61 Å². The lowest BCUT2D eigenvalue weighted by Crippen LogP contribution is -2.09. The van der Waals surface area contributed by atoms with Crippen LogP contribution in [0, 0.1) is 6.92 Å². The van der Waals surface area contributed by atoms with Gasteiger partial charge in [-0.3, -0.25) is 0 Å². The van der Waals surface area contributed by atoms with E-state index >= 15 is 0 Å². The third-order valence-electron chi connectivity index (χ3n) is 3.81. The zero-order valence-electron chi connectivity index (χ0n) is 14.2. The molecular formula is C19H19N3O3. The summed E-state index contributed by atoms with van der Waals surface area (Å²) in [6, 6.07) is 11.2. The first-order valence-corrected chi connectivity index (χ1v) is 7.93. The third-order valence-corrected chi connectivity index (χ3v) is 3.81. The van der Waals surface area contributed by atoms with Crippen molar-refractivity contribution >= 4 is 17.0 Å². The fraction of sp³-hybridized carbons (Fsp3) is 0.211. The van der Waals surface area contributed by atoms with Crippen LogP contribution in [-0.4, -0.2) is 32.7 Å². The Labute approximate surface area is 145 Å². The zero-order valence-corrected chi connectivity index (χ0v) is 14.2. The molecule has 0 aliphatic heterocycles. The Hall–Kier alpha value is -3.15. The fourth-order valence-electron chi connectivity index (χ4n) is 2.48. The second-order valence-corrected chi connectivity index (χ2v) is 5.92. The molecule has 0 atom stereocenters. The molecule has 0 aliphatic carbocycles. The standard InChI is InChI=1S/C19H19N3O3/c1-12(2)19(24)25-9-8-14-10-13(3)18(23)17(11-14)22-20-15-6-4-5-7-16(15)21-22/h4-7,10-11,23H,1,8-9H2,2-3H3. The average Bonchev–Trinajstić information content (AvgIpc) is 3.01. The van der Waals surface area contributed by atoms with Crippen molar-refractivity contribution in [2.75, 3.05) is 6.61 Å². The van der Waals surface area contributed by atoms with E-state index in [-0.39, 0.29) is 12.4 Å². The molecule has 0 unspecified atom stereocenters. The fourth-order valence-corrected chi connectivity index (χ4v) is 2.48. The highest BCUT2D eigenvalue weighted by Gasteiger charge is 2.13. The normalized spacial score (nSPS) is 10.8. The van der Waals surface area contributed by atoms with Crippen LogP contribution in [0.25, 0.3) is 16.7 Å². The van der Waals surface area contributed by atoms with E-state index in [1.807, 2.05) is 37.3 Å². The summed E-state index contributed by atoms with van der Waals surface area (Å²) in [5.41, 5.74) is 3.99. The van der Waals surface area contributed by atoms with Crippen molar-refractivity contribution in [3.8, 4) is 11.4 Å². The van der Waals surface area contributed by atoms with E-state index < -0.39 is 5.97 Å². The largest absolute Gasteiger partial charge is 0.505 e. The van der Waals surface area contributed by atoms with Crippen molar-refractivity contribution in [1.82, 2.24) is 15.0 Å². The molecule has 0 bridgehead atoms. The minimum absolute atomic E-state index is 0.128. The maximum atomic E-state index is 11.5. The summed E-state index contributed by atoms with van der Waals surface area (Å²) in [4.78, 5) is 12.9. The number of phenolic OH excluding ortho intramolecular Hbond substituents is 1. The molecule has 1 N–H and O–H groups in total.